The molecule has 6 nitrogen and oxygen atoms in total. The molecule has 0 radical (unpaired) electrons. The lowest BCUT2D eigenvalue weighted by Gasteiger charge is -2.18. The van der Waals surface area contributed by atoms with Gasteiger partial charge in [0.15, 0.2) is 6.10 Å². The Kier molecular flexibility index (Phi) is 39.1. The lowest BCUT2D eigenvalue weighted by Crippen LogP contribution is -2.30. The molecule has 1 unspecified atom stereocenters. The molecule has 0 spiro atoms. The number of hydrogen-bond acceptors (Lipinski definition) is 6. The predicted molar refractivity (Wildman–Crippen MR) is 224 cm³/mol. The fourth-order valence-corrected chi connectivity index (χ4v) is 5.50. The zero-order valence-electron chi connectivity index (χ0n) is 34.3. The highest BCUT2D eigenvalue weighted by Gasteiger charge is 2.19. The van der Waals surface area contributed by atoms with Crippen LogP contribution >= 0.6 is 0 Å². The number of carbonyl (C=O) groups is 3. The summed E-state index contributed by atoms with van der Waals surface area (Å²) >= 11 is 0. The van der Waals surface area contributed by atoms with Crippen LogP contribution in [-0.4, -0.2) is 37.2 Å². The smallest absolute Gasteiger partial charge is 0.306 e. The van der Waals surface area contributed by atoms with E-state index in [4.69, 9.17) is 14.2 Å². The summed E-state index contributed by atoms with van der Waals surface area (Å²) in [4.78, 5) is 37.6. The second-order valence-electron chi connectivity index (χ2n) is 13.8. The Balaban J connectivity index is 4.49. The van der Waals surface area contributed by atoms with Crippen LogP contribution in [-0.2, 0) is 28.6 Å². The Morgan fingerprint density at radius 2 is 0.755 bits per heavy atom. The largest absolute Gasteiger partial charge is 0.462 e. The summed E-state index contributed by atoms with van der Waals surface area (Å²) in [7, 11) is 0. The van der Waals surface area contributed by atoms with Crippen LogP contribution in [0.15, 0.2) is 72.9 Å². The summed E-state index contributed by atoms with van der Waals surface area (Å²) in [6.45, 7) is 6.28. The van der Waals surface area contributed by atoms with Crippen LogP contribution in [0.1, 0.15) is 188 Å². The molecule has 0 aromatic rings. The van der Waals surface area contributed by atoms with Crippen molar-refractivity contribution >= 4 is 17.9 Å². The van der Waals surface area contributed by atoms with Crippen LogP contribution in [0.4, 0.5) is 0 Å². The summed E-state index contributed by atoms with van der Waals surface area (Å²) in [5.74, 6) is -0.992. The number of carbonyl (C=O) groups excluding carboxylic acids is 3. The molecule has 0 aromatic heterocycles. The molecule has 0 aliphatic carbocycles. The van der Waals surface area contributed by atoms with Crippen molar-refractivity contribution in [3.8, 4) is 0 Å². The first kappa shape index (κ1) is 49.9. The molecule has 0 saturated carbocycles. The quantitative estimate of drug-likeness (QED) is 0.0273. The van der Waals surface area contributed by atoms with Crippen molar-refractivity contribution in [3.05, 3.63) is 72.9 Å². The van der Waals surface area contributed by atoms with Crippen molar-refractivity contribution in [1.82, 2.24) is 0 Å². The molecule has 0 bridgehead atoms. The molecule has 0 rings (SSSR count). The molecule has 0 aliphatic heterocycles. The fraction of sp³-hybridized carbons (Fsp3) is 0.681. The molecule has 0 heterocycles. The van der Waals surface area contributed by atoms with Crippen molar-refractivity contribution in [2.45, 2.75) is 194 Å². The van der Waals surface area contributed by atoms with Gasteiger partial charge in [-0.05, 0) is 96.3 Å². The summed E-state index contributed by atoms with van der Waals surface area (Å²) in [5.41, 5.74) is 0. The summed E-state index contributed by atoms with van der Waals surface area (Å²) in [6.07, 6.45) is 50.4. The second kappa shape index (κ2) is 41.6. The lowest BCUT2D eigenvalue weighted by molar-refractivity contribution is -0.167. The number of unbranched alkanes of at least 4 members (excludes halogenated alkanes) is 14. The van der Waals surface area contributed by atoms with Crippen molar-refractivity contribution < 1.29 is 28.6 Å². The molecule has 302 valence electrons. The van der Waals surface area contributed by atoms with Crippen LogP contribution in [0, 0.1) is 0 Å². The van der Waals surface area contributed by atoms with Crippen LogP contribution in [0.25, 0.3) is 0 Å². The first-order valence-electron chi connectivity index (χ1n) is 21.4. The Hall–Kier alpha value is -3.15. The average Bonchev–Trinajstić information content (AvgIpc) is 3.15. The third-order valence-electron chi connectivity index (χ3n) is 8.68. The number of esters is 3. The molecule has 53 heavy (non-hydrogen) atoms. The number of hydrogen-bond donors (Lipinski definition) is 0. The van der Waals surface area contributed by atoms with Crippen LogP contribution in [0.3, 0.4) is 0 Å². The summed E-state index contributed by atoms with van der Waals surface area (Å²) < 4.78 is 16.6. The van der Waals surface area contributed by atoms with E-state index < -0.39 is 6.10 Å². The fourth-order valence-electron chi connectivity index (χ4n) is 5.50. The third-order valence-corrected chi connectivity index (χ3v) is 8.68. The Morgan fingerprint density at radius 1 is 0.396 bits per heavy atom. The number of rotatable bonds is 37. The molecule has 0 aromatic carbocycles. The first-order valence-corrected chi connectivity index (χ1v) is 21.4. The summed E-state index contributed by atoms with van der Waals surface area (Å²) in [5, 5.41) is 0. The minimum atomic E-state index is -0.802. The van der Waals surface area contributed by atoms with Gasteiger partial charge in [-0.25, -0.2) is 0 Å². The van der Waals surface area contributed by atoms with Crippen molar-refractivity contribution in [2.24, 2.45) is 0 Å². The van der Waals surface area contributed by atoms with E-state index >= 15 is 0 Å². The normalized spacial score (nSPS) is 12.7. The highest BCUT2D eigenvalue weighted by atomic mass is 16.6. The maximum atomic E-state index is 12.7. The zero-order chi connectivity index (χ0) is 38.7. The molecular formula is C47H78O6. The van der Waals surface area contributed by atoms with Gasteiger partial charge in [-0.15, -0.1) is 0 Å². The van der Waals surface area contributed by atoms with Gasteiger partial charge >= 0.3 is 17.9 Å². The summed E-state index contributed by atoms with van der Waals surface area (Å²) in [6, 6.07) is 0. The maximum Gasteiger partial charge on any atom is 0.306 e. The molecule has 0 amide bonds. The van der Waals surface area contributed by atoms with Crippen molar-refractivity contribution in [3.63, 3.8) is 0 Å². The second-order valence-corrected chi connectivity index (χ2v) is 13.8. The number of ether oxygens (including phenoxy) is 3. The average molecular weight is 739 g/mol. The molecule has 0 N–H and O–H groups in total. The SMILES string of the molecule is CC/C=C\C/C=C\C/C=C\CCCC(=O)OCC(COC(=O)CCCCCCC/C=C\C/C=C\CC)OC(=O)CCCCCCC/C=C\CCCCC. The van der Waals surface area contributed by atoms with Crippen LogP contribution in [0.5, 0.6) is 0 Å². The standard InChI is InChI=1S/C47H78O6/c1-4-7-10-13-16-19-22-25-28-31-34-37-40-46(49)52-43-44(42-51-45(48)39-36-33-30-27-24-21-18-15-12-9-6-3)53-47(50)41-38-35-32-29-26-23-20-17-14-11-8-5-2/h7,9-10,12,16-21,27,30,44H,4-6,8,11,13-15,22-26,28-29,31-43H2,1-3H3/b10-7-,12-9-,19-16-,20-17-,21-18-,30-27-. The first-order chi connectivity index (χ1) is 26.0. The lowest BCUT2D eigenvalue weighted by atomic mass is 10.1. The minimum Gasteiger partial charge on any atom is -0.462 e. The Labute approximate surface area is 325 Å². The molecule has 0 saturated heterocycles. The topological polar surface area (TPSA) is 78.9 Å². The van der Waals surface area contributed by atoms with Gasteiger partial charge in [-0.2, -0.15) is 0 Å². The molecular weight excluding hydrogens is 661 g/mol. The van der Waals surface area contributed by atoms with Gasteiger partial charge in [0.1, 0.15) is 13.2 Å². The molecule has 1 atom stereocenters. The van der Waals surface area contributed by atoms with Crippen LogP contribution in [0.2, 0.25) is 0 Å². The Bertz CT molecular complexity index is 1030. The van der Waals surface area contributed by atoms with E-state index in [1.54, 1.807) is 0 Å². The van der Waals surface area contributed by atoms with E-state index in [1.165, 1.54) is 32.1 Å². The molecule has 0 aliphatic rings. The zero-order valence-corrected chi connectivity index (χ0v) is 34.3. The van der Waals surface area contributed by atoms with Crippen molar-refractivity contribution in [2.75, 3.05) is 13.2 Å². The van der Waals surface area contributed by atoms with Gasteiger partial charge < -0.3 is 14.2 Å². The predicted octanol–water partition coefficient (Wildman–Crippen LogP) is 13.5. The van der Waals surface area contributed by atoms with Gasteiger partial charge in [-0.1, -0.05) is 145 Å². The molecule has 6 heteroatoms. The molecule has 0 fully saturated rings. The van der Waals surface area contributed by atoms with Crippen LogP contribution < -0.4 is 0 Å². The van der Waals surface area contributed by atoms with Gasteiger partial charge in [0.2, 0.25) is 0 Å². The number of allylic oxidation sites excluding steroid dienone is 12. The van der Waals surface area contributed by atoms with Gasteiger partial charge in [0.25, 0.3) is 0 Å². The van der Waals surface area contributed by atoms with E-state index in [-0.39, 0.29) is 37.5 Å². The highest BCUT2D eigenvalue weighted by molar-refractivity contribution is 5.71. The van der Waals surface area contributed by atoms with E-state index in [0.29, 0.717) is 19.3 Å². The van der Waals surface area contributed by atoms with E-state index in [2.05, 4.69) is 93.7 Å². The Morgan fingerprint density at radius 3 is 1.25 bits per heavy atom. The van der Waals surface area contributed by atoms with Gasteiger partial charge in [0.05, 0.1) is 0 Å². The maximum absolute atomic E-state index is 12.7. The monoisotopic (exact) mass is 739 g/mol. The van der Waals surface area contributed by atoms with E-state index in [1.807, 2.05) is 0 Å². The van der Waals surface area contributed by atoms with Crippen molar-refractivity contribution in [1.29, 1.82) is 0 Å². The van der Waals surface area contributed by atoms with E-state index in [0.717, 1.165) is 109 Å². The minimum absolute atomic E-state index is 0.103. The van der Waals surface area contributed by atoms with Gasteiger partial charge in [0, 0.05) is 19.3 Å². The van der Waals surface area contributed by atoms with E-state index in [9.17, 15) is 14.4 Å². The third kappa shape index (κ3) is 39.9. The highest BCUT2D eigenvalue weighted by Crippen LogP contribution is 2.12. The van der Waals surface area contributed by atoms with Gasteiger partial charge in [-0.3, -0.25) is 14.4 Å².